The highest BCUT2D eigenvalue weighted by Crippen LogP contribution is 2.28. The van der Waals surface area contributed by atoms with Crippen LogP contribution in [0.5, 0.6) is 0 Å². The van der Waals surface area contributed by atoms with Gasteiger partial charge in [-0.3, -0.25) is 4.79 Å². The van der Waals surface area contributed by atoms with Crippen molar-refractivity contribution in [3.63, 3.8) is 0 Å². The average molecular weight is 389 g/mol. The summed E-state index contributed by atoms with van der Waals surface area (Å²) in [6.07, 6.45) is 0. The van der Waals surface area contributed by atoms with Crippen molar-refractivity contribution in [2.45, 2.75) is 25.7 Å². The number of hydrogen-bond donors (Lipinski definition) is 0. The van der Waals surface area contributed by atoms with Crippen LogP contribution in [0.2, 0.25) is 5.02 Å². The standard InChI is InChI=1S/C21H25ClN2OS/c1-15-11-16(2)21(17(3)12-15)26-14-20(25)24-9-7-23(8-10-24)19-6-4-5-18(22)13-19/h4-6,11-13H,7-10,14H2,1-3H3. The van der Waals surface area contributed by atoms with E-state index in [0.717, 1.165) is 36.9 Å². The number of amides is 1. The van der Waals surface area contributed by atoms with E-state index >= 15 is 0 Å². The molecule has 1 heterocycles. The van der Waals surface area contributed by atoms with Crippen molar-refractivity contribution in [1.82, 2.24) is 4.90 Å². The van der Waals surface area contributed by atoms with Crippen LogP contribution in [0.3, 0.4) is 0 Å². The molecule has 1 aliphatic heterocycles. The highest BCUT2D eigenvalue weighted by atomic mass is 35.5. The number of aryl methyl sites for hydroxylation is 3. The SMILES string of the molecule is Cc1cc(C)c(SCC(=O)N2CCN(c3cccc(Cl)c3)CC2)c(C)c1. The summed E-state index contributed by atoms with van der Waals surface area (Å²) in [5.41, 5.74) is 4.91. The second kappa shape index (κ2) is 8.36. The molecule has 3 rings (SSSR count). The monoisotopic (exact) mass is 388 g/mol. The maximum Gasteiger partial charge on any atom is 0.233 e. The zero-order valence-electron chi connectivity index (χ0n) is 15.6. The molecule has 0 saturated carbocycles. The molecule has 3 nitrogen and oxygen atoms in total. The molecule has 0 atom stereocenters. The van der Waals surface area contributed by atoms with E-state index in [9.17, 15) is 4.79 Å². The fourth-order valence-electron chi connectivity index (χ4n) is 3.51. The molecule has 0 aliphatic carbocycles. The molecule has 1 amide bonds. The van der Waals surface area contributed by atoms with Gasteiger partial charge in [0.1, 0.15) is 0 Å². The van der Waals surface area contributed by atoms with Crippen molar-refractivity contribution < 1.29 is 4.79 Å². The first kappa shape index (κ1) is 19.1. The Morgan fingerprint density at radius 3 is 2.31 bits per heavy atom. The quantitative estimate of drug-likeness (QED) is 0.709. The Morgan fingerprint density at radius 2 is 1.69 bits per heavy atom. The molecule has 138 valence electrons. The second-order valence-corrected chi connectivity index (χ2v) is 8.29. The van der Waals surface area contributed by atoms with Gasteiger partial charge in [0.05, 0.1) is 5.75 Å². The summed E-state index contributed by atoms with van der Waals surface area (Å²) in [6.45, 7) is 9.57. The molecule has 0 N–H and O–H groups in total. The molecule has 5 heteroatoms. The highest BCUT2D eigenvalue weighted by molar-refractivity contribution is 8.00. The third-order valence-corrected chi connectivity index (χ3v) is 6.31. The normalized spacial score (nSPS) is 14.6. The Hall–Kier alpha value is -1.65. The van der Waals surface area contributed by atoms with E-state index in [-0.39, 0.29) is 5.91 Å². The maximum absolute atomic E-state index is 12.6. The number of nitrogens with zero attached hydrogens (tertiary/aromatic N) is 2. The van der Waals surface area contributed by atoms with Gasteiger partial charge in [-0.25, -0.2) is 0 Å². The van der Waals surface area contributed by atoms with Gasteiger partial charge in [0.15, 0.2) is 0 Å². The largest absolute Gasteiger partial charge is 0.368 e. The van der Waals surface area contributed by atoms with E-state index in [1.807, 2.05) is 23.1 Å². The molecule has 0 spiro atoms. The number of rotatable bonds is 4. The van der Waals surface area contributed by atoms with E-state index in [1.54, 1.807) is 11.8 Å². The molecular weight excluding hydrogens is 364 g/mol. The van der Waals surface area contributed by atoms with E-state index in [0.29, 0.717) is 5.75 Å². The van der Waals surface area contributed by atoms with Crippen molar-refractivity contribution >= 4 is 35.0 Å². The Kier molecular flexibility index (Phi) is 6.15. The van der Waals surface area contributed by atoms with Gasteiger partial charge in [0, 0.05) is 41.8 Å². The van der Waals surface area contributed by atoms with Crippen molar-refractivity contribution in [1.29, 1.82) is 0 Å². The van der Waals surface area contributed by atoms with Crippen LogP contribution in [0.25, 0.3) is 0 Å². The van der Waals surface area contributed by atoms with Gasteiger partial charge in [-0.2, -0.15) is 0 Å². The van der Waals surface area contributed by atoms with Crippen molar-refractivity contribution in [2.24, 2.45) is 0 Å². The molecule has 0 bridgehead atoms. The molecule has 2 aromatic rings. The Balaban J connectivity index is 1.54. The fourth-order valence-corrected chi connectivity index (χ4v) is 4.71. The van der Waals surface area contributed by atoms with Crippen LogP contribution in [0.1, 0.15) is 16.7 Å². The molecule has 0 unspecified atom stereocenters. The smallest absolute Gasteiger partial charge is 0.233 e. The first-order valence-electron chi connectivity index (χ1n) is 8.93. The average Bonchev–Trinajstić information content (AvgIpc) is 2.61. The van der Waals surface area contributed by atoms with Gasteiger partial charge in [-0.1, -0.05) is 35.4 Å². The minimum Gasteiger partial charge on any atom is -0.368 e. The Bertz CT molecular complexity index is 777. The summed E-state index contributed by atoms with van der Waals surface area (Å²) in [4.78, 5) is 18.1. The van der Waals surface area contributed by atoms with E-state index in [1.165, 1.54) is 21.6 Å². The maximum atomic E-state index is 12.6. The number of carbonyl (C=O) groups excluding carboxylic acids is 1. The van der Waals surface area contributed by atoms with Gasteiger partial charge in [0.2, 0.25) is 5.91 Å². The van der Waals surface area contributed by atoms with Crippen LogP contribution in [0.15, 0.2) is 41.3 Å². The Labute approximate surface area is 165 Å². The molecule has 2 aromatic carbocycles. The number of benzene rings is 2. The third kappa shape index (κ3) is 4.54. The predicted octanol–water partition coefficient (Wildman–Crippen LogP) is 4.71. The number of anilines is 1. The lowest BCUT2D eigenvalue weighted by Crippen LogP contribution is -2.49. The number of hydrogen-bond acceptors (Lipinski definition) is 3. The first-order valence-corrected chi connectivity index (χ1v) is 10.3. The number of carbonyl (C=O) groups is 1. The lowest BCUT2D eigenvalue weighted by molar-refractivity contribution is -0.128. The van der Waals surface area contributed by atoms with Crippen LogP contribution in [0, 0.1) is 20.8 Å². The minimum atomic E-state index is 0.222. The summed E-state index contributed by atoms with van der Waals surface area (Å²) in [6, 6.07) is 12.3. The van der Waals surface area contributed by atoms with Gasteiger partial charge in [-0.15, -0.1) is 11.8 Å². The second-order valence-electron chi connectivity index (χ2n) is 6.86. The number of piperazine rings is 1. The summed E-state index contributed by atoms with van der Waals surface area (Å²) < 4.78 is 0. The number of halogens is 1. The van der Waals surface area contributed by atoms with Crippen molar-refractivity contribution in [2.75, 3.05) is 36.8 Å². The summed E-state index contributed by atoms with van der Waals surface area (Å²) >= 11 is 7.74. The molecule has 26 heavy (non-hydrogen) atoms. The van der Waals surface area contributed by atoms with Gasteiger partial charge >= 0.3 is 0 Å². The summed E-state index contributed by atoms with van der Waals surface area (Å²) in [7, 11) is 0. The minimum absolute atomic E-state index is 0.222. The molecule has 1 saturated heterocycles. The van der Waals surface area contributed by atoms with Crippen LogP contribution in [-0.4, -0.2) is 42.7 Å². The first-order chi connectivity index (χ1) is 12.4. The molecule has 1 fully saturated rings. The molecule has 0 aromatic heterocycles. The molecule has 0 radical (unpaired) electrons. The van der Waals surface area contributed by atoms with E-state index in [2.05, 4.69) is 43.9 Å². The fraction of sp³-hybridized carbons (Fsp3) is 0.381. The zero-order chi connectivity index (χ0) is 18.7. The summed E-state index contributed by atoms with van der Waals surface area (Å²) in [5.74, 6) is 0.724. The van der Waals surface area contributed by atoms with E-state index < -0.39 is 0 Å². The summed E-state index contributed by atoms with van der Waals surface area (Å²) in [5, 5.41) is 0.751. The van der Waals surface area contributed by atoms with Gasteiger partial charge in [-0.05, 0) is 50.1 Å². The van der Waals surface area contributed by atoms with Gasteiger partial charge in [0.25, 0.3) is 0 Å². The van der Waals surface area contributed by atoms with Crippen LogP contribution < -0.4 is 4.90 Å². The van der Waals surface area contributed by atoms with Crippen LogP contribution >= 0.6 is 23.4 Å². The van der Waals surface area contributed by atoms with Crippen LogP contribution in [0.4, 0.5) is 5.69 Å². The molecule has 1 aliphatic rings. The van der Waals surface area contributed by atoms with Crippen molar-refractivity contribution in [3.05, 3.63) is 58.1 Å². The molecular formula is C21H25ClN2OS. The lowest BCUT2D eigenvalue weighted by atomic mass is 10.1. The number of thioether (sulfide) groups is 1. The third-order valence-electron chi connectivity index (χ3n) is 4.75. The lowest BCUT2D eigenvalue weighted by Gasteiger charge is -2.36. The van der Waals surface area contributed by atoms with Crippen molar-refractivity contribution in [3.8, 4) is 0 Å². The topological polar surface area (TPSA) is 23.6 Å². The van der Waals surface area contributed by atoms with Crippen LogP contribution in [-0.2, 0) is 4.79 Å². The zero-order valence-corrected chi connectivity index (χ0v) is 17.2. The van der Waals surface area contributed by atoms with E-state index in [4.69, 9.17) is 11.6 Å². The predicted molar refractivity (Wildman–Crippen MR) is 112 cm³/mol. The van der Waals surface area contributed by atoms with Gasteiger partial charge < -0.3 is 9.80 Å². The Morgan fingerprint density at radius 1 is 1.04 bits per heavy atom. The highest BCUT2D eigenvalue weighted by Gasteiger charge is 2.21.